The van der Waals surface area contributed by atoms with Crippen molar-refractivity contribution in [3.05, 3.63) is 16.1 Å². The Morgan fingerprint density at radius 3 is 3.10 bits per heavy atom. The summed E-state index contributed by atoms with van der Waals surface area (Å²) in [5.74, 6) is 0.504. The summed E-state index contributed by atoms with van der Waals surface area (Å²) in [6, 6.07) is 0.445. The maximum Gasteiger partial charge on any atom is 0.0933 e. The van der Waals surface area contributed by atoms with Gasteiger partial charge in [-0.3, -0.25) is 4.90 Å². The number of hydrogen-bond donors (Lipinski definition) is 1. The number of morpholine rings is 1. The Labute approximate surface area is 129 Å². The summed E-state index contributed by atoms with van der Waals surface area (Å²) in [6.07, 6.45) is 3.31. The topological polar surface area (TPSA) is 45.6 Å². The van der Waals surface area contributed by atoms with Crippen LogP contribution in [0.4, 0.5) is 0 Å². The Kier molecular flexibility index (Phi) is 6.71. The number of aliphatic hydroxyl groups is 1. The van der Waals surface area contributed by atoms with Crippen LogP contribution in [0.15, 0.2) is 5.38 Å². The Bertz CT molecular complexity index is 402. The number of ether oxygens (including phenoxy) is 1. The summed E-state index contributed by atoms with van der Waals surface area (Å²) in [4.78, 5) is 6.89. The quantitative estimate of drug-likeness (QED) is 0.619. The van der Waals surface area contributed by atoms with Crippen molar-refractivity contribution in [1.29, 1.82) is 0 Å². The molecule has 2 unspecified atom stereocenters. The molecule has 0 bridgehead atoms. The molecular formula is C14H23ClN2O2S. The van der Waals surface area contributed by atoms with Crippen LogP contribution in [-0.4, -0.2) is 53.4 Å². The van der Waals surface area contributed by atoms with Gasteiger partial charge in [-0.2, -0.15) is 0 Å². The Morgan fingerprint density at radius 2 is 2.40 bits per heavy atom. The lowest BCUT2D eigenvalue weighted by Crippen LogP contribution is -2.49. The number of aromatic nitrogens is 1. The second-order valence-electron chi connectivity index (χ2n) is 5.31. The minimum Gasteiger partial charge on any atom is -0.394 e. The van der Waals surface area contributed by atoms with E-state index in [2.05, 4.69) is 16.8 Å². The first kappa shape index (κ1) is 16.2. The van der Waals surface area contributed by atoms with E-state index in [0.29, 0.717) is 11.9 Å². The molecule has 2 atom stereocenters. The number of nitrogens with zero attached hydrogens (tertiary/aromatic N) is 2. The molecule has 20 heavy (non-hydrogen) atoms. The third-order valence-electron chi connectivity index (χ3n) is 3.66. The smallest absolute Gasteiger partial charge is 0.0933 e. The van der Waals surface area contributed by atoms with E-state index in [9.17, 15) is 5.11 Å². The van der Waals surface area contributed by atoms with Crippen LogP contribution in [0.5, 0.6) is 0 Å². The molecule has 0 aromatic carbocycles. The lowest BCUT2D eigenvalue weighted by atomic mass is 10.1. The van der Waals surface area contributed by atoms with Gasteiger partial charge in [-0.05, 0) is 32.7 Å². The molecule has 1 fully saturated rings. The molecule has 6 heteroatoms. The van der Waals surface area contributed by atoms with Crippen LogP contribution in [-0.2, 0) is 17.0 Å². The minimum atomic E-state index is -0.0172. The first-order valence-electron chi connectivity index (χ1n) is 7.18. The highest BCUT2D eigenvalue weighted by Gasteiger charge is 2.24. The molecule has 1 aromatic rings. The van der Waals surface area contributed by atoms with Gasteiger partial charge in [0.2, 0.25) is 0 Å². The summed E-state index contributed by atoms with van der Waals surface area (Å²) >= 11 is 7.45. The molecule has 4 nitrogen and oxygen atoms in total. The van der Waals surface area contributed by atoms with Crippen LogP contribution < -0.4 is 0 Å². The maximum absolute atomic E-state index is 9.17. The van der Waals surface area contributed by atoms with Crippen LogP contribution >= 0.6 is 22.9 Å². The number of halogens is 1. The van der Waals surface area contributed by atoms with Gasteiger partial charge in [0.15, 0.2) is 0 Å². The van der Waals surface area contributed by atoms with Gasteiger partial charge in [-0.1, -0.05) is 0 Å². The summed E-state index contributed by atoms with van der Waals surface area (Å²) in [5, 5.41) is 12.4. The molecule has 0 amide bonds. The second kappa shape index (κ2) is 8.29. The highest BCUT2D eigenvalue weighted by Crippen LogP contribution is 2.16. The third-order valence-corrected chi connectivity index (χ3v) is 4.89. The predicted molar refractivity (Wildman–Crippen MR) is 82.5 cm³/mol. The summed E-state index contributed by atoms with van der Waals surface area (Å²) in [6.45, 7) is 4.92. The fraction of sp³-hybridized carbons (Fsp3) is 0.786. The molecule has 1 aliphatic heterocycles. The fourth-order valence-corrected chi connectivity index (χ4v) is 3.48. The largest absolute Gasteiger partial charge is 0.394 e. The Morgan fingerprint density at radius 1 is 1.55 bits per heavy atom. The van der Waals surface area contributed by atoms with Gasteiger partial charge in [-0.15, -0.1) is 22.9 Å². The van der Waals surface area contributed by atoms with Gasteiger partial charge in [0, 0.05) is 18.0 Å². The van der Waals surface area contributed by atoms with Gasteiger partial charge in [0.05, 0.1) is 35.9 Å². The molecular weight excluding hydrogens is 296 g/mol. The molecule has 1 N–H and O–H groups in total. The van der Waals surface area contributed by atoms with Crippen molar-refractivity contribution >= 4 is 22.9 Å². The average molecular weight is 319 g/mol. The summed E-state index contributed by atoms with van der Waals surface area (Å²) in [5.41, 5.74) is 0.985. The maximum atomic E-state index is 9.17. The second-order valence-corrected chi connectivity index (χ2v) is 6.52. The van der Waals surface area contributed by atoms with Gasteiger partial charge in [0.1, 0.15) is 0 Å². The summed E-state index contributed by atoms with van der Waals surface area (Å²) in [7, 11) is 0. The van der Waals surface area contributed by atoms with Crippen LogP contribution in [0.3, 0.4) is 0 Å². The van der Waals surface area contributed by atoms with Crippen LogP contribution in [0.25, 0.3) is 0 Å². The number of aryl methyl sites for hydroxylation is 1. The van der Waals surface area contributed by atoms with Crippen molar-refractivity contribution in [2.45, 2.75) is 44.2 Å². The number of alkyl halides is 1. The molecule has 0 radical (unpaired) electrons. The molecule has 0 saturated carbocycles. The van der Waals surface area contributed by atoms with E-state index in [4.69, 9.17) is 16.3 Å². The fourth-order valence-electron chi connectivity index (χ4n) is 2.41. The number of aliphatic hydroxyl groups excluding tert-OH is 1. The predicted octanol–water partition coefficient (Wildman–Crippen LogP) is 2.29. The van der Waals surface area contributed by atoms with Crippen molar-refractivity contribution in [2.24, 2.45) is 0 Å². The van der Waals surface area contributed by atoms with Crippen LogP contribution in [0, 0.1) is 0 Å². The zero-order valence-corrected chi connectivity index (χ0v) is 13.5. The van der Waals surface area contributed by atoms with Crippen molar-refractivity contribution < 1.29 is 9.84 Å². The molecule has 0 spiro atoms. The van der Waals surface area contributed by atoms with Crippen molar-refractivity contribution in [3.63, 3.8) is 0 Å². The molecule has 114 valence electrons. The Hall–Kier alpha value is -0.200. The molecule has 0 aliphatic carbocycles. The van der Waals surface area contributed by atoms with E-state index in [1.54, 1.807) is 11.3 Å². The van der Waals surface area contributed by atoms with E-state index in [1.807, 2.05) is 5.38 Å². The SMILES string of the molecule is CC1COC(CO)CN1CCCCc1nc(CCl)cs1. The van der Waals surface area contributed by atoms with Crippen LogP contribution in [0.2, 0.25) is 0 Å². The Balaban J connectivity index is 1.67. The van der Waals surface area contributed by atoms with E-state index < -0.39 is 0 Å². The molecule has 1 aromatic heterocycles. The lowest BCUT2D eigenvalue weighted by molar-refractivity contribution is -0.0779. The van der Waals surface area contributed by atoms with E-state index in [-0.39, 0.29) is 12.7 Å². The number of hydrogen-bond acceptors (Lipinski definition) is 5. The number of thiazole rings is 1. The van der Waals surface area contributed by atoms with Crippen molar-refractivity contribution in [2.75, 3.05) is 26.3 Å². The third kappa shape index (κ3) is 4.67. The van der Waals surface area contributed by atoms with E-state index in [0.717, 1.165) is 44.7 Å². The molecule has 2 rings (SSSR count). The molecule has 2 heterocycles. The minimum absolute atomic E-state index is 0.0172. The van der Waals surface area contributed by atoms with Crippen molar-refractivity contribution in [1.82, 2.24) is 9.88 Å². The molecule has 1 aliphatic rings. The average Bonchev–Trinajstić information content (AvgIpc) is 2.93. The zero-order chi connectivity index (χ0) is 14.4. The summed E-state index contributed by atoms with van der Waals surface area (Å²) < 4.78 is 5.55. The first-order chi connectivity index (χ1) is 9.72. The number of unbranched alkanes of at least 4 members (excludes halogenated alkanes) is 1. The van der Waals surface area contributed by atoms with Gasteiger partial charge in [0.25, 0.3) is 0 Å². The highest BCUT2D eigenvalue weighted by atomic mass is 35.5. The number of rotatable bonds is 7. The van der Waals surface area contributed by atoms with E-state index in [1.165, 1.54) is 5.01 Å². The monoisotopic (exact) mass is 318 g/mol. The van der Waals surface area contributed by atoms with Gasteiger partial charge >= 0.3 is 0 Å². The molecule has 1 saturated heterocycles. The standard InChI is InChI=1S/C14H23ClN2O2S/c1-11-9-19-13(8-18)7-17(11)5-3-2-4-14-16-12(6-15)10-20-14/h10-11,13,18H,2-9H2,1H3. The van der Waals surface area contributed by atoms with Crippen LogP contribution in [0.1, 0.15) is 30.5 Å². The van der Waals surface area contributed by atoms with Gasteiger partial charge in [-0.25, -0.2) is 4.98 Å². The van der Waals surface area contributed by atoms with Crippen molar-refractivity contribution in [3.8, 4) is 0 Å². The van der Waals surface area contributed by atoms with Gasteiger partial charge < -0.3 is 9.84 Å². The van der Waals surface area contributed by atoms with E-state index >= 15 is 0 Å². The highest BCUT2D eigenvalue weighted by molar-refractivity contribution is 7.09. The first-order valence-corrected chi connectivity index (χ1v) is 8.60. The normalized spacial score (nSPS) is 24.1. The lowest BCUT2D eigenvalue weighted by Gasteiger charge is -2.37. The zero-order valence-electron chi connectivity index (χ0n) is 11.9.